The van der Waals surface area contributed by atoms with Gasteiger partial charge in [-0.1, -0.05) is 204 Å². The molecular weight excluding hydrogens is 822 g/mol. The molecule has 0 rings (SSSR count). The number of carbonyl (C=O) groups is 2. The summed E-state index contributed by atoms with van der Waals surface area (Å²) < 4.78 is 34.4. The second-order valence-electron chi connectivity index (χ2n) is 19.3. The number of quaternary nitrogens is 1. The standard InChI is InChI=1S/C54H102NO8P/c1-6-8-10-12-14-16-18-19-20-21-22-23-24-25-26-27-28-29-30-31-32-33-34-35-37-39-41-43-45-47-54(57)63-52(51-62-64(58,59)61-49-48-55(3,4)5)50-60-53(56)46-44-42-40-38-36-17-15-13-11-9-7-2/h13,15,18-19,21-22,52H,6-12,14,16-17,20,23-51H2,1-5H3/p+1/b15-13-,19-18-,22-21-. The molecule has 9 nitrogen and oxygen atoms in total. The van der Waals surface area contributed by atoms with Crippen LogP contribution in [0.4, 0.5) is 0 Å². The van der Waals surface area contributed by atoms with E-state index in [4.69, 9.17) is 18.5 Å². The minimum atomic E-state index is -4.38. The summed E-state index contributed by atoms with van der Waals surface area (Å²) in [6.07, 6.45) is 55.1. The summed E-state index contributed by atoms with van der Waals surface area (Å²) in [6.45, 7) is 4.39. The molecule has 0 aliphatic rings. The number of carbonyl (C=O) groups excluding carboxylic acids is 2. The van der Waals surface area contributed by atoms with Crippen LogP contribution >= 0.6 is 7.82 Å². The number of esters is 2. The molecule has 0 heterocycles. The van der Waals surface area contributed by atoms with Crippen molar-refractivity contribution in [3.63, 3.8) is 0 Å². The predicted molar refractivity (Wildman–Crippen MR) is 270 cm³/mol. The van der Waals surface area contributed by atoms with Crippen LogP contribution in [0.3, 0.4) is 0 Å². The summed E-state index contributed by atoms with van der Waals surface area (Å²) in [5.41, 5.74) is 0. The molecular formula is C54H103NO8P+. The van der Waals surface area contributed by atoms with E-state index in [1.54, 1.807) is 0 Å². The van der Waals surface area contributed by atoms with Gasteiger partial charge in [0.05, 0.1) is 27.7 Å². The number of hydrogen-bond donors (Lipinski definition) is 1. The molecule has 1 N–H and O–H groups in total. The molecule has 0 aromatic carbocycles. The van der Waals surface area contributed by atoms with E-state index < -0.39 is 26.5 Å². The van der Waals surface area contributed by atoms with Gasteiger partial charge in [-0.05, 0) is 64.2 Å². The van der Waals surface area contributed by atoms with E-state index >= 15 is 0 Å². The average Bonchev–Trinajstić information content (AvgIpc) is 3.25. The number of rotatable bonds is 49. The number of nitrogens with zero attached hydrogens (tertiary/aromatic N) is 1. The number of hydrogen-bond acceptors (Lipinski definition) is 7. The fourth-order valence-electron chi connectivity index (χ4n) is 7.44. The van der Waals surface area contributed by atoms with Crippen molar-refractivity contribution in [2.45, 2.75) is 251 Å². The molecule has 0 aromatic heterocycles. The lowest BCUT2D eigenvalue weighted by Gasteiger charge is -2.24. The van der Waals surface area contributed by atoms with Crippen LogP contribution < -0.4 is 0 Å². The summed E-state index contributed by atoms with van der Waals surface area (Å²) >= 11 is 0. The first-order valence-corrected chi connectivity index (χ1v) is 28.2. The predicted octanol–water partition coefficient (Wildman–Crippen LogP) is 16.0. The molecule has 0 fully saturated rings. The van der Waals surface area contributed by atoms with Crippen molar-refractivity contribution in [2.24, 2.45) is 0 Å². The Hall–Kier alpha value is -1.77. The van der Waals surface area contributed by atoms with E-state index in [-0.39, 0.29) is 32.0 Å². The van der Waals surface area contributed by atoms with Crippen LogP contribution in [0.25, 0.3) is 0 Å². The molecule has 0 amide bonds. The van der Waals surface area contributed by atoms with Gasteiger partial charge in [0.25, 0.3) is 0 Å². The van der Waals surface area contributed by atoms with E-state index in [0.717, 1.165) is 64.2 Å². The highest BCUT2D eigenvalue weighted by atomic mass is 31.2. The van der Waals surface area contributed by atoms with Crippen LogP contribution in [-0.4, -0.2) is 74.9 Å². The fourth-order valence-corrected chi connectivity index (χ4v) is 8.18. The Morgan fingerprint density at radius 1 is 0.484 bits per heavy atom. The van der Waals surface area contributed by atoms with Crippen LogP contribution in [0.5, 0.6) is 0 Å². The summed E-state index contributed by atoms with van der Waals surface area (Å²) in [4.78, 5) is 35.5. The van der Waals surface area contributed by atoms with Gasteiger partial charge in [0, 0.05) is 12.8 Å². The van der Waals surface area contributed by atoms with Crippen molar-refractivity contribution in [1.82, 2.24) is 0 Å². The molecule has 10 heteroatoms. The molecule has 0 bridgehead atoms. The van der Waals surface area contributed by atoms with Gasteiger partial charge in [-0.2, -0.15) is 0 Å². The van der Waals surface area contributed by atoms with Crippen LogP contribution in [0.1, 0.15) is 245 Å². The first kappa shape index (κ1) is 62.2. The zero-order chi connectivity index (χ0) is 47.1. The summed E-state index contributed by atoms with van der Waals surface area (Å²) in [5.74, 6) is -0.802. The third kappa shape index (κ3) is 49.7. The molecule has 64 heavy (non-hydrogen) atoms. The number of phosphoric acid groups is 1. The molecule has 0 saturated carbocycles. The average molecular weight is 925 g/mol. The molecule has 0 aromatic rings. The summed E-state index contributed by atoms with van der Waals surface area (Å²) in [6, 6.07) is 0. The van der Waals surface area contributed by atoms with E-state index in [1.807, 2.05) is 21.1 Å². The minimum absolute atomic E-state index is 0.0315. The third-order valence-electron chi connectivity index (χ3n) is 11.6. The Morgan fingerprint density at radius 3 is 1.30 bits per heavy atom. The van der Waals surface area contributed by atoms with Crippen molar-refractivity contribution in [1.29, 1.82) is 0 Å². The Bertz CT molecular complexity index is 1180. The largest absolute Gasteiger partial charge is 0.472 e. The van der Waals surface area contributed by atoms with Crippen molar-refractivity contribution in [3.05, 3.63) is 36.5 Å². The monoisotopic (exact) mass is 925 g/mol. The molecule has 0 aliphatic carbocycles. The van der Waals surface area contributed by atoms with Gasteiger partial charge in [-0.25, -0.2) is 4.57 Å². The van der Waals surface area contributed by atoms with Crippen LogP contribution in [-0.2, 0) is 32.7 Å². The smallest absolute Gasteiger partial charge is 0.462 e. The molecule has 376 valence electrons. The van der Waals surface area contributed by atoms with Gasteiger partial charge in [0.2, 0.25) is 0 Å². The number of likely N-dealkylation sites (N-methyl/N-ethyl adjacent to an activating group) is 1. The molecule has 0 aliphatic heterocycles. The number of ether oxygens (including phenoxy) is 2. The molecule has 2 atom stereocenters. The van der Waals surface area contributed by atoms with E-state index in [0.29, 0.717) is 17.4 Å². The topological polar surface area (TPSA) is 108 Å². The van der Waals surface area contributed by atoms with Gasteiger partial charge >= 0.3 is 19.8 Å². The highest BCUT2D eigenvalue weighted by Gasteiger charge is 2.27. The van der Waals surface area contributed by atoms with Gasteiger partial charge in [0.15, 0.2) is 6.10 Å². The lowest BCUT2D eigenvalue weighted by atomic mass is 10.0. The lowest BCUT2D eigenvalue weighted by molar-refractivity contribution is -0.870. The maximum Gasteiger partial charge on any atom is 0.472 e. The van der Waals surface area contributed by atoms with Gasteiger partial charge < -0.3 is 18.9 Å². The van der Waals surface area contributed by atoms with E-state index in [1.165, 1.54) is 148 Å². The second kappa shape index (κ2) is 46.3. The van der Waals surface area contributed by atoms with Crippen molar-refractivity contribution >= 4 is 19.8 Å². The van der Waals surface area contributed by atoms with Crippen LogP contribution in [0.15, 0.2) is 36.5 Å². The quantitative estimate of drug-likeness (QED) is 0.0211. The van der Waals surface area contributed by atoms with E-state index in [2.05, 4.69) is 50.3 Å². The van der Waals surface area contributed by atoms with Gasteiger partial charge in [0.1, 0.15) is 19.8 Å². The van der Waals surface area contributed by atoms with Crippen molar-refractivity contribution < 1.29 is 42.1 Å². The molecule has 0 radical (unpaired) electrons. The Labute approximate surface area is 395 Å². The third-order valence-corrected chi connectivity index (χ3v) is 12.6. The SMILES string of the molecule is CCCC/C=C\CCCCCCCC(=O)OCC(COP(=O)(O)OCC[N+](C)(C)C)OC(=O)CCCCCCCCCCCCCCCCCCC/C=C\C/C=C\CCCCCCC. The number of allylic oxidation sites excluding steroid dienone is 6. The highest BCUT2D eigenvalue weighted by molar-refractivity contribution is 7.47. The summed E-state index contributed by atoms with van der Waals surface area (Å²) in [7, 11) is 1.48. The summed E-state index contributed by atoms with van der Waals surface area (Å²) in [5, 5.41) is 0. The zero-order valence-corrected chi connectivity index (χ0v) is 43.4. The normalized spacial score (nSPS) is 13.7. The molecule has 2 unspecified atom stereocenters. The lowest BCUT2D eigenvalue weighted by Crippen LogP contribution is -2.37. The Balaban J connectivity index is 4.05. The van der Waals surface area contributed by atoms with E-state index in [9.17, 15) is 19.0 Å². The first-order chi connectivity index (χ1) is 31.0. The fraction of sp³-hybridized carbons (Fsp3) is 0.852. The molecule has 0 saturated heterocycles. The highest BCUT2D eigenvalue weighted by Crippen LogP contribution is 2.43. The first-order valence-electron chi connectivity index (χ1n) is 26.7. The maximum atomic E-state index is 12.8. The van der Waals surface area contributed by atoms with Crippen LogP contribution in [0, 0.1) is 0 Å². The zero-order valence-electron chi connectivity index (χ0n) is 42.5. The number of phosphoric ester groups is 1. The van der Waals surface area contributed by atoms with Gasteiger partial charge in [-0.3, -0.25) is 18.6 Å². The van der Waals surface area contributed by atoms with Crippen LogP contribution in [0.2, 0.25) is 0 Å². The Morgan fingerprint density at radius 2 is 0.859 bits per heavy atom. The maximum absolute atomic E-state index is 12.8. The van der Waals surface area contributed by atoms with Gasteiger partial charge in [-0.15, -0.1) is 0 Å². The minimum Gasteiger partial charge on any atom is -0.462 e. The van der Waals surface area contributed by atoms with Crippen molar-refractivity contribution in [2.75, 3.05) is 47.5 Å². The molecule has 0 spiro atoms. The second-order valence-corrected chi connectivity index (χ2v) is 20.7. The van der Waals surface area contributed by atoms with Crippen molar-refractivity contribution in [3.8, 4) is 0 Å². The Kier molecular flexibility index (Phi) is 45.1. The number of unbranched alkanes of at least 4 members (excludes halogenated alkanes) is 29.